The third-order valence-electron chi connectivity index (χ3n) is 4.58. The van der Waals surface area contributed by atoms with Crippen molar-refractivity contribution in [3.8, 4) is 28.4 Å². The highest BCUT2D eigenvalue weighted by Gasteiger charge is 2.14. The number of halogens is 1. The Morgan fingerprint density at radius 3 is 2.55 bits per heavy atom. The fourth-order valence-corrected chi connectivity index (χ4v) is 3.25. The van der Waals surface area contributed by atoms with E-state index in [2.05, 4.69) is 0 Å². The Kier molecular flexibility index (Phi) is 4.50. The number of aliphatic imine (C=N–C) groups is 1. The van der Waals surface area contributed by atoms with Crippen LogP contribution in [0, 0.1) is 0 Å². The van der Waals surface area contributed by atoms with Gasteiger partial charge in [-0.2, -0.15) is 5.10 Å². The van der Waals surface area contributed by atoms with Crippen LogP contribution in [0.4, 0.5) is 5.69 Å². The van der Waals surface area contributed by atoms with Gasteiger partial charge in [0.25, 0.3) is 0 Å². The smallest absolute Gasteiger partial charge is 0.231 e. The summed E-state index contributed by atoms with van der Waals surface area (Å²) < 4.78 is 12.6. The molecule has 3 aromatic carbocycles. The van der Waals surface area contributed by atoms with Crippen LogP contribution in [-0.4, -0.2) is 22.8 Å². The van der Waals surface area contributed by atoms with Crippen LogP contribution in [0.3, 0.4) is 0 Å². The van der Waals surface area contributed by atoms with Crippen LogP contribution in [-0.2, 0) is 0 Å². The number of ether oxygens (including phenoxy) is 2. The Labute approximate surface area is 172 Å². The maximum atomic E-state index is 6.05. The van der Waals surface area contributed by atoms with Crippen LogP contribution in [0.2, 0.25) is 5.02 Å². The van der Waals surface area contributed by atoms with Crippen LogP contribution >= 0.6 is 11.6 Å². The molecule has 2 heterocycles. The second-order valence-corrected chi connectivity index (χ2v) is 6.96. The molecule has 5 nitrogen and oxygen atoms in total. The van der Waals surface area contributed by atoms with E-state index in [4.69, 9.17) is 31.2 Å². The normalized spacial score (nSPS) is 12.6. The van der Waals surface area contributed by atoms with Crippen LogP contribution in [0.25, 0.3) is 16.9 Å². The number of hydrogen-bond acceptors (Lipinski definition) is 4. The van der Waals surface area contributed by atoms with Crippen molar-refractivity contribution in [2.75, 3.05) is 6.79 Å². The molecule has 5 rings (SSSR count). The topological polar surface area (TPSA) is 48.6 Å². The first kappa shape index (κ1) is 17.5. The van der Waals surface area contributed by atoms with E-state index in [1.54, 1.807) is 6.21 Å². The van der Waals surface area contributed by atoms with E-state index < -0.39 is 0 Å². The number of para-hydroxylation sites is 1. The molecule has 4 aromatic rings. The zero-order valence-electron chi connectivity index (χ0n) is 15.3. The van der Waals surface area contributed by atoms with Gasteiger partial charge in [0.1, 0.15) is 11.4 Å². The predicted octanol–water partition coefficient (Wildman–Crippen LogP) is 5.67. The molecule has 0 amide bonds. The van der Waals surface area contributed by atoms with E-state index in [0.29, 0.717) is 5.02 Å². The first-order chi connectivity index (χ1) is 14.3. The first-order valence-electron chi connectivity index (χ1n) is 9.11. The highest BCUT2D eigenvalue weighted by atomic mass is 35.5. The summed E-state index contributed by atoms with van der Waals surface area (Å²) in [6.07, 6.45) is 3.72. The Morgan fingerprint density at radius 1 is 0.931 bits per heavy atom. The van der Waals surface area contributed by atoms with Gasteiger partial charge in [0, 0.05) is 16.8 Å². The minimum Gasteiger partial charge on any atom is -0.454 e. The minimum atomic E-state index is 0.250. The Bertz CT molecular complexity index is 1180. The fraction of sp³-hybridized carbons (Fsp3) is 0.0435. The second-order valence-electron chi connectivity index (χ2n) is 6.52. The lowest BCUT2D eigenvalue weighted by Gasteiger charge is -2.00. The number of fused-ring (bicyclic) bond motifs is 1. The molecule has 0 fully saturated rings. The molecule has 142 valence electrons. The lowest BCUT2D eigenvalue weighted by Crippen LogP contribution is -1.93. The van der Waals surface area contributed by atoms with Gasteiger partial charge in [0.05, 0.1) is 11.9 Å². The number of hydrogen-bond donors (Lipinski definition) is 0. The maximum absolute atomic E-state index is 6.05. The van der Waals surface area contributed by atoms with Crippen molar-refractivity contribution >= 4 is 23.5 Å². The molecular formula is C23H16ClN3O2. The second kappa shape index (κ2) is 7.45. The summed E-state index contributed by atoms with van der Waals surface area (Å²) in [5, 5.41) is 5.45. The standard InChI is InChI=1S/C23H16ClN3O2/c24-18-9-7-17(8-10-18)23-20(14-27(26-23)19-4-2-1-3-5-19)25-13-16-6-11-21-22(12-16)29-15-28-21/h1-14H,15H2. The Morgan fingerprint density at radius 2 is 1.72 bits per heavy atom. The molecule has 29 heavy (non-hydrogen) atoms. The summed E-state index contributed by atoms with van der Waals surface area (Å²) in [5.74, 6) is 1.48. The number of benzene rings is 3. The van der Waals surface area contributed by atoms with Gasteiger partial charge in [0.15, 0.2) is 11.5 Å². The summed E-state index contributed by atoms with van der Waals surface area (Å²) in [5.41, 5.74) is 4.37. The molecule has 0 atom stereocenters. The van der Waals surface area contributed by atoms with Gasteiger partial charge < -0.3 is 9.47 Å². The predicted molar refractivity (Wildman–Crippen MR) is 114 cm³/mol. The fourth-order valence-electron chi connectivity index (χ4n) is 3.12. The van der Waals surface area contributed by atoms with Crippen LogP contribution in [0.1, 0.15) is 5.56 Å². The van der Waals surface area contributed by atoms with Gasteiger partial charge in [-0.1, -0.05) is 41.9 Å². The van der Waals surface area contributed by atoms with Crippen LogP contribution in [0.15, 0.2) is 84.0 Å². The third kappa shape index (κ3) is 3.60. The van der Waals surface area contributed by atoms with Crippen molar-refractivity contribution in [3.63, 3.8) is 0 Å². The zero-order valence-corrected chi connectivity index (χ0v) is 16.1. The molecule has 0 saturated heterocycles. The van der Waals surface area contributed by atoms with Gasteiger partial charge >= 0.3 is 0 Å². The molecule has 1 aliphatic rings. The minimum absolute atomic E-state index is 0.250. The molecular weight excluding hydrogens is 386 g/mol. The van der Waals surface area contributed by atoms with Crippen LogP contribution in [0.5, 0.6) is 11.5 Å². The van der Waals surface area contributed by atoms with Crippen molar-refractivity contribution < 1.29 is 9.47 Å². The molecule has 0 aliphatic carbocycles. The highest BCUT2D eigenvalue weighted by Crippen LogP contribution is 2.33. The van der Waals surface area contributed by atoms with E-state index in [-0.39, 0.29) is 6.79 Å². The van der Waals surface area contributed by atoms with Gasteiger partial charge in [-0.3, -0.25) is 4.99 Å². The molecule has 0 radical (unpaired) electrons. The quantitative estimate of drug-likeness (QED) is 0.414. The first-order valence-corrected chi connectivity index (χ1v) is 9.49. The molecule has 1 aromatic heterocycles. The van der Waals surface area contributed by atoms with E-state index in [9.17, 15) is 0 Å². The highest BCUT2D eigenvalue weighted by molar-refractivity contribution is 6.30. The van der Waals surface area contributed by atoms with Gasteiger partial charge in [-0.05, 0) is 48.0 Å². The molecule has 0 unspecified atom stereocenters. The zero-order chi connectivity index (χ0) is 19.6. The average molecular weight is 402 g/mol. The molecule has 0 bridgehead atoms. The van der Waals surface area contributed by atoms with Crippen molar-refractivity contribution in [2.24, 2.45) is 4.99 Å². The van der Waals surface area contributed by atoms with Crippen molar-refractivity contribution in [1.29, 1.82) is 0 Å². The number of aromatic nitrogens is 2. The Balaban J connectivity index is 1.55. The van der Waals surface area contributed by atoms with Crippen LogP contribution < -0.4 is 9.47 Å². The molecule has 0 spiro atoms. The summed E-state index contributed by atoms with van der Waals surface area (Å²) >= 11 is 6.05. The SMILES string of the molecule is Clc1ccc(-c2nn(-c3ccccc3)cc2N=Cc2ccc3c(c2)OCO3)cc1. The van der Waals surface area contributed by atoms with Crippen molar-refractivity contribution in [3.05, 3.63) is 89.6 Å². The number of rotatable bonds is 4. The number of nitrogens with zero attached hydrogens (tertiary/aromatic N) is 3. The summed E-state index contributed by atoms with van der Waals surface area (Å²) in [6.45, 7) is 0.250. The molecule has 0 saturated carbocycles. The van der Waals surface area contributed by atoms with E-state index in [1.807, 2.05) is 83.7 Å². The van der Waals surface area contributed by atoms with E-state index in [1.165, 1.54) is 0 Å². The largest absolute Gasteiger partial charge is 0.454 e. The third-order valence-corrected chi connectivity index (χ3v) is 4.83. The maximum Gasteiger partial charge on any atom is 0.231 e. The van der Waals surface area contributed by atoms with Crippen molar-refractivity contribution in [1.82, 2.24) is 9.78 Å². The lowest BCUT2D eigenvalue weighted by molar-refractivity contribution is 0.174. The summed E-state index contributed by atoms with van der Waals surface area (Å²) in [4.78, 5) is 4.71. The van der Waals surface area contributed by atoms with Gasteiger partial charge in [0.2, 0.25) is 6.79 Å². The Hall–Kier alpha value is -3.57. The lowest BCUT2D eigenvalue weighted by atomic mass is 10.1. The monoisotopic (exact) mass is 401 g/mol. The van der Waals surface area contributed by atoms with Crippen molar-refractivity contribution in [2.45, 2.75) is 0 Å². The van der Waals surface area contributed by atoms with Gasteiger partial charge in [-0.25, -0.2) is 4.68 Å². The van der Waals surface area contributed by atoms with Gasteiger partial charge in [-0.15, -0.1) is 0 Å². The molecule has 1 aliphatic heterocycles. The summed E-state index contributed by atoms with van der Waals surface area (Å²) in [7, 11) is 0. The molecule has 0 N–H and O–H groups in total. The summed E-state index contributed by atoms with van der Waals surface area (Å²) in [6, 6.07) is 23.3. The average Bonchev–Trinajstić information content (AvgIpc) is 3.40. The van der Waals surface area contributed by atoms with E-state index in [0.717, 1.165) is 39.7 Å². The van der Waals surface area contributed by atoms with E-state index >= 15 is 0 Å². The molecule has 6 heteroatoms.